The van der Waals surface area contributed by atoms with Crippen molar-refractivity contribution in [3.8, 4) is 11.5 Å². The third-order valence-electron chi connectivity index (χ3n) is 4.47. The molecule has 0 saturated heterocycles. The largest absolute Gasteiger partial charge is 0.485 e. The number of fused-ring (bicyclic) bond motifs is 1. The van der Waals surface area contributed by atoms with E-state index in [-0.39, 0.29) is 17.7 Å². The van der Waals surface area contributed by atoms with Gasteiger partial charge in [-0.15, -0.1) is 0 Å². The van der Waals surface area contributed by atoms with Crippen molar-refractivity contribution in [2.24, 2.45) is 5.10 Å². The van der Waals surface area contributed by atoms with Crippen LogP contribution in [0.15, 0.2) is 53.6 Å². The lowest BCUT2D eigenvalue weighted by molar-refractivity contribution is -0.384. The lowest BCUT2D eigenvalue weighted by Crippen LogP contribution is -2.42. The molecule has 1 N–H and O–H groups in total. The fourth-order valence-corrected chi connectivity index (χ4v) is 2.78. The molecule has 30 heavy (non-hydrogen) atoms. The first kappa shape index (κ1) is 21.0. The van der Waals surface area contributed by atoms with Crippen molar-refractivity contribution < 1.29 is 19.2 Å². The SMILES string of the molecule is CC(C)(C)c1ccc2c(c1)OC(C(=O)N/N=C/C=C/c1cccc([N+](=O)[O-])c1)CO2. The molecule has 0 bridgehead atoms. The highest BCUT2D eigenvalue weighted by atomic mass is 16.6. The summed E-state index contributed by atoms with van der Waals surface area (Å²) in [4.78, 5) is 22.6. The van der Waals surface area contributed by atoms with Gasteiger partial charge >= 0.3 is 0 Å². The number of carbonyl (C=O) groups excluding carboxylic acids is 1. The second kappa shape index (κ2) is 8.77. The molecule has 1 atom stereocenters. The van der Waals surface area contributed by atoms with Gasteiger partial charge in [0.1, 0.15) is 6.61 Å². The minimum Gasteiger partial charge on any atom is -0.485 e. The quantitative estimate of drug-likeness (QED) is 0.459. The lowest BCUT2D eigenvalue weighted by atomic mass is 9.87. The van der Waals surface area contributed by atoms with Gasteiger partial charge in [0.15, 0.2) is 11.5 Å². The van der Waals surface area contributed by atoms with Crippen molar-refractivity contribution in [3.05, 3.63) is 69.8 Å². The number of benzene rings is 2. The molecule has 1 aliphatic rings. The number of carbonyl (C=O) groups is 1. The fourth-order valence-electron chi connectivity index (χ4n) is 2.78. The molecular weight excluding hydrogens is 386 g/mol. The van der Waals surface area contributed by atoms with Gasteiger partial charge in [0.25, 0.3) is 11.6 Å². The summed E-state index contributed by atoms with van der Waals surface area (Å²) in [6.45, 7) is 6.38. The standard InChI is InChI=1S/C22H23N3O5/c1-22(2,3)16-9-10-18-19(13-16)30-20(14-29-18)21(26)24-23-11-5-7-15-6-4-8-17(12-15)25(27)28/h4-13,20H,14H2,1-3H3,(H,24,26)/b7-5+,23-11+. The molecule has 0 spiro atoms. The first-order chi connectivity index (χ1) is 14.2. The molecule has 0 aliphatic carbocycles. The van der Waals surface area contributed by atoms with Crippen LogP contribution in [0.4, 0.5) is 5.69 Å². The number of rotatable bonds is 5. The Labute approximate surface area is 174 Å². The Morgan fingerprint density at radius 3 is 2.77 bits per heavy atom. The van der Waals surface area contributed by atoms with Crippen LogP contribution in [0, 0.1) is 10.1 Å². The molecule has 8 heteroatoms. The van der Waals surface area contributed by atoms with Crippen LogP contribution >= 0.6 is 0 Å². The second-order valence-corrected chi connectivity index (χ2v) is 7.79. The number of amides is 1. The Morgan fingerprint density at radius 1 is 1.23 bits per heavy atom. The first-order valence-corrected chi connectivity index (χ1v) is 9.42. The van der Waals surface area contributed by atoms with E-state index in [9.17, 15) is 14.9 Å². The van der Waals surface area contributed by atoms with Gasteiger partial charge in [0.05, 0.1) is 4.92 Å². The van der Waals surface area contributed by atoms with Gasteiger partial charge in [-0.25, -0.2) is 5.43 Å². The average Bonchev–Trinajstić information content (AvgIpc) is 2.72. The maximum Gasteiger partial charge on any atom is 0.284 e. The number of hydrazone groups is 1. The van der Waals surface area contributed by atoms with Gasteiger partial charge < -0.3 is 9.47 Å². The van der Waals surface area contributed by atoms with E-state index in [2.05, 4.69) is 31.3 Å². The highest BCUT2D eigenvalue weighted by molar-refractivity contribution is 5.84. The molecule has 0 radical (unpaired) electrons. The summed E-state index contributed by atoms with van der Waals surface area (Å²) in [7, 11) is 0. The normalized spacial score (nSPS) is 16.0. The minimum absolute atomic E-state index is 0.00624. The Hall–Kier alpha value is -3.68. The van der Waals surface area contributed by atoms with E-state index in [1.807, 2.05) is 18.2 Å². The molecule has 0 fully saturated rings. The predicted molar refractivity (Wildman–Crippen MR) is 114 cm³/mol. The summed E-state index contributed by atoms with van der Waals surface area (Å²) >= 11 is 0. The summed E-state index contributed by atoms with van der Waals surface area (Å²) in [5.41, 5.74) is 4.09. The number of nitrogens with zero attached hydrogens (tertiary/aromatic N) is 2. The van der Waals surface area contributed by atoms with Crippen LogP contribution in [0.25, 0.3) is 6.08 Å². The molecule has 3 rings (SSSR count). The Balaban J connectivity index is 1.57. The second-order valence-electron chi connectivity index (χ2n) is 7.79. The number of nitro benzene ring substituents is 1. The van der Waals surface area contributed by atoms with Crippen molar-refractivity contribution in [2.45, 2.75) is 32.3 Å². The molecule has 2 aromatic carbocycles. The first-order valence-electron chi connectivity index (χ1n) is 9.42. The number of nitro groups is 1. The van der Waals surface area contributed by atoms with Crippen molar-refractivity contribution in [3.63, 3.8) is 0 Å². The zero-order chi connectivity index (χ0) is 21.7. The number of non-ortho nitro benzene ring substituents is 1. The van der Waals surface area contributed by atoms with Crippen molar-refractivity contribution in [1.82, 2.24) is 5.43 Å². The summed E-state index contributed by atoms with van der Waals surface area (Å²) in [5, 5.41) is 14.6. The van der Waals surface area contributed by atoms with Crippen LogP contribution in [0.1, 0.15) is 31.9 Å². The number of nitrogens with one attached hydrogen (secondary N) is 1. The van der Waals surface area contributed by atoms with E-state index in [4.69, 9.17) is 9.47 Å². The van der Waals surface area contributed by atoms with E-state index in [0.29, 0.717) is 17.1 Å². The Morgan fingerprint density at radius 2 is 2.03 bits per heavy atom. The number of allylic oxidation sites excluding steroid dienone is 1. The molecule has 0 saturated carbocycles. The number of hydrogen-bond acceptors (Lipinski definition) is 6. The number of ether oxygens (including phenoxy) is 2. The molecule has 8 nitrogen and oxygen atoms in total. The summed E-state index contributed by atoms with van der Waals surface area (Å²) in [6, 6.07) is 11.9. The Kier molecular flexibility index (Phi) is 6.15. The van der Waals surface area contributed by atoms with Crippen molar-refractivity contribution in [1.29, 1.82) is 0 Å². The molecule has 156 valence electrons. The van der Waals surface area contributed by atoms with E-state index in [0.717, 1.165) is 5.56 Å². The van der Waals surface area contributed by atoms with E-state index < -0.39 is 16.9 Å². The van der Waals surface area contributed by atoms with Gasteiger partial charge in [-0.1, -0.05) is 45.0 Å². The molecule has 1 amide bonds. The summed E-state index contributed by atoms with van der Waals surface area (Å²) < 4.78 is 11.4. The van der Waals surface area contributed by atoms with Gasteiger partial charge in [-0.05, 0) is 34.8 Å². The van der Waals surface area contributed by atoms with Gasteiger partial charge in [-0.2, -0.15) is 5.10 Å². The van der Waals surface area contributed by atoms with Crippen LogP contribution in [-0.2, 0) is 10.2 Å². The minimum atomic E-state index is -0.814. The summed E-state index contributed by atoms with van der Waals surface area (Å²) in [6.07, 6.45) is 3.78. The molecule has 1 unspecified atom stereocenters. The number of hydrogen-bond donors (Lipinski definition) is 1. The Bertz CT molecular complexity index is 1010. The van der Waals surface area contributed by atoms with Crippen LogP contribution < -0.4 is 14.9 Å². The third-order valence-corrected chi connectivity index (χ3v) is 4.47. The highest BCUT2D eigenvalue weighted by Gasteiger charge is 2.28. The molecule has 0 aromatic heterocycles. The smallest absolute Gasteiger partial charge is 0.284 e. The zero-order valence-corrected chi connectivity index (χ0v) is 17.0. The van der Waals surface area contributed by atoms with E-state index in [1.165, 1.54) is 18.3 Å². The van der Waals surface area contributed by atoms with Crippen LogP contribution in [0.3, 0.4) is 0 Å². The van der Waals surface area contributed by atoms with E-state index in [1.54, 1.807) is 24.3 Å². The summed E-state index contributed by atoms with van der Waals surface area (Å²) in [5.74, 6) is 0.709. The van der Waals surface area contributed by atoms with Crippen molar-refractivity contribution in [2.75, 3.05) is 6.61 Å². The average molecular weight is 409 g/mol. The topological polar surface area (TPSA) is 103 Å². The predicted octanol–water partition coefficient (Wildman–Crippen LogP) is 3.85. The van der Waals surface area contributed by atoms with Gasteiger partial charge in [0.2, 0.25) is 6.10 Å². The fraction of sp³-hybridized carbons (Fsp3) is 0.273. The monoisotopic (exact) mass is 409 g/mol. The van der Waals surface area contributed by atoms with Crippen LogP contribution in [0.2, 0.25) is 0 Å². The van der Waals surface area contributed by atoms with Crippen LogP contribution in [-0.4, -0.2) is 29.8 Å². The lowest BCUT2D eigenvalue weighted by Gasteiger charge is -2.27. The van der Waals surface area contributed by atoms with Crippen LogP contribution in [0.5, 0.6) is 11.5 Å². The molecule has 2 aromatic rings. The molecule has 1 heterocycles. The maximum atomic E-state index is 12.3. The van der Waals surface area contributed by atoms with Crippen molar-refractivity contribution >= 4 is 23.9 Å². The van der Waals surface area contributed by atoms with E-state index >= 15 is 0 Å². The molecule has 1 aliphatic heterocycles. The highest BCUT2D eigenvalue weighted by Crippen LogP contribution is 2.36. The maximum absolute atomic E-state index is 12.3. The third kappa shape index (κ3) is 5.22. The van der Waals surface area contributed by atoms with Gasteiger partial charge in [-0.3, -0.25) is 14.9 Å². The molecular formula is C22H23N3O5. The zero-order valence-electron chi connectivity index (χ0n) is 17.0. The van der Waals surface area contributed by atoms with Gasteiger partial charge in [0, 0.05) is 18.3 Å².